The molecule has 26 heavy (non-hydrogen) atoms. The second-order valence-corrected chi connectivity index (χ2v) is 9.21. The molecule has 2 aliphatic rings. The Bertz CT molecular complexity index is 874. The molecular weight excluding hydrogens is 402 g/mol. The maximum absolute atomic E-state index is 14.7. The summed E-state index contributed by atoms with van der Waals surface area (Å²) >= 11 is -0.173. The normalized spacial score (nSPS) is 25.6. The van der Waals surface area contributed by atoms with Gasteiger partial charge in [0, 0.05) is 0 Å². The summed E-state index contributed by atoms with van der Waals surface area (Å²) in [6.45, 7) is 1.62. The molecule has 0 amide bonds. The van der Waals surface area contributed by atoms with Gasteiger partial charge in [0.05, 0.1) is 0 Å². The van der Waals surface area contributed by atoms with Gasteiger partial charge in [-0.15, -0.1) is 0 Å². The zero-order valence-electron chi connectivity index (χ0n) is 15.1. The summed E-state index contributed by atoms with van der Waals surface area (Å²) < 4.78 is 35.4. The van der Waals surface area contributed by atoms with Crippen molar-refractivity contribution in [2.45, 2.75) is 43.2 Å². The molecule has 6 heteroatoms. The summed E-state index contributed by atoms with van der Waals surface area (Å²) in [4.78, 5) is 12.2. The molecule has 0 spiro atoms. The van der Waals surface area contributed by atoms with Crippen molar-refractivity contribution < 1.29 is 25.1 Å². The van der Waals surface area contributed by atoms with Crippen LogP contribution >= 0.6 is 0 Å². The molecule has 0 radical (unpaired) electrons. The number of ether oxygens (including phenoxy) is 2. The summed E-state index contributed by atoms with van der Waals surface area (Å²) in [7, 11) is 0. The summed E-state index contributed by atoms with van der Waals surface area (Å²) in [5, 5.41) is 9.60. The molecule has 0 saturated heterocycles. The topological polar surface area (TPSA) is 55.8 Å². The molecule has 1 N–H and O–H groups in total. The molecule has 0 bridgehead atoms. The number of benzene rings is 2. The average Bonchev–Trinajstić information content (AvgIpc) is 2.92. The minimum absolute atomic E-state index is 0.142. The summed E-state index contributed by atoms with van der Waals surface area (Å²) in [6, 6.07) is 10.9. The second-order valence-electron chi connectivity index (χ2n) is 6.53. The van der Waals surface area contributed by atoms with Crippen LogP contribution < -0.4 is 13.9 Å². The summed E-state index contributed by atoms with van der Waals surface area (Å²) in [5.41, 5.74) is 0.755. The molecule has 4 rings (SSSR count). The average molecular weight is 422 g/mol. The van der Waals surface area contributed by atoms with Gasteiger partial charge in [-0.05, 0) is 0 Å². The van der Waals surface area contributed by atoms with Crippen molar-refractivity contribution in [2.24, 2.45) is 0 Å². The number of esters is 1. The zero-order chi connectivity index (χ0) is 19.1. The number of fused-ring (bicyclic) bond motifs is 3. The Morgan fingerprint density at radius 2 is 2.15 bits per heavy atom. The fraction of sp³-hybridized carbons (Fsp3) is 0.350. The Kier molecular flexibility index (Phi) is 4.41. The van der Waals surface area contributed by atoms with Gasteiger partial charge in [-0.3, -0.25) is 0 Å². The van der Waals surface area contributed by atoms with Crippen molar-refractivity contribution >= 4 is 25.4 Å². The first-order chi connectivity index (χ1) is 12.9. The molecule has 0 aliphatic carbocycles. The quantitative estimate of drug-likeness (QED) is 0.466. The Labute approximate surface area is 158 Å². The van der Waals surface area contributed by atoms with E-state index < -0.39 is 29.2 Å². The number of rotatable bonds is 4. The van der Waals surface area contributed by atoms with E-state index in [9.17, 15) is 14.3 Å². The molecule has 4 atom stereocenters. The van der Waals surface area contributed by atoms with Gasteiger partial charge < -0.3 is 0 Å². The van der Waals surface area contributed by atoms with Crippen molar-refractivity contribution in [3.8, 4) is 11.5 Å². The van der Waals surface area contributed by atoms with Crippen molar-refractivity contribution in [2.75, 3.05) is 0 Å². The monoisotopic (exact) mass is 423 g/mol. The predicted molar refractivity (Wildman–Crippen MR) is 95.7 cm³/mol. The van der Waals surface area contributed by atoms with Gasteiger partial charge in [0.1, 0.15) is 0 Å². The van der Waals surface area contributed by atoms with Gasteiger partial charge in [-0.2, -0.15) is 0 Å². The van der Waals surface area contributed by atoms with Crippen molar-refractivity contribution in [3.63, 3.8) is 0 Å². The number of aliphatic hydroxyl groups is 1. The zero-order valence-corrected chi connectivity index (χ0v) is 15.9. The molecule has 2 aromatic rings. The molecule has 2 heterocycles. The van der Waals surface area contributed by atoms with E-state index in [1.807, 2.05) is 30.3 Å². The third-order valence-electron chi connectivity index (χ3n) is 4.41. The number of carbonyl (C=O) groups excluding carboxylic acids is 1. The van der Waals surface area contributed by atoms with Crippen LogP contribution in [-0.4, -0.2) is 38.2 Å². The summed E-state index contributed by atoms with van der Waals surface area (Å²) in [6.07, 6.45) is -1.54. The van der Waals surface area contributed by atoms with E-state index in [4.69, 9.17) is 10.8 Å². The van der Waals surface area contributed by atoms with E-state index in [0.29, 0.717) is 11.1 Å². The standard InChI is InChI=1S/C20H19FO4Se/c1-11(22)7-12-8-15-17(24-12)10-16(21)14-9-18(20(23)25-19(14)15)26-13-5-3-2-4-6-13/h2-6,10-12,18,22H,7-9H2,1H3/t11?,12-,18?/m0/s1/i8D/t8-,11?,12-,18?. The van der Waals surface area contributed by atoms with E-state index in [0.717, 1.165) is 4.46 Å². The molecule has 4 nitrogen and oxygen atoms in total. The van der Waals surface area contributed by atoms with Gasteiger partial charge >= 0.3 is 159 Å². The van der Waals surface area contributed by atoms with E-state index in [2.05, 4.69) is 0 Å². The first-order valence-corrected chi connectivity index (χ1v) is 10.3. The van der Waals surface area contributed by atoms with Gasteiger partial charge in [-0.1, -0.05) is 0 Å². The maximum atomic E-state index is 14.7. The van der Waals surface area contributed by atoms with E-state index in [1.54, 1.807) is 6.92 Å². The van der Waals surface area contributed by atoms with Crippen LogP contribution in [0.25, 0.3) is 0 Å². The molecular formula is C20H19FO4Se. The molecule has 0 fully saturated rings. The SMILES string of the molecule is [2H][C@@H]1c2c(cc(F)c3c2OC(=O)C([Se]c2ccccc2)C3)O[C@H]1CC(C)O. The van der Waals surface area contributed by atoms with Crippen LogP contribution in [0.4, 0.5) is 4.39 Å². The third kappa shape index (κ3) is 3.37. The van der Waals surface area contributed by atoms with E-state index >= 15 is 0 Å². The Morgan fingerprint density at radius 1 is 1.38 bits per heavy atom. The van der Waals surface area contributed by atoms with Crippen LogP contribution in [0.2, 0.25) is 4.82 Å². The predicted octanol–water partition coefficient (Wildman–Crippen LogP) is 2.18. The van der Waals surface area contributed by atoms with Gasteiger partial charge in [-0.25, -0.2) is 0 Å². The van der Waals surface area contributed by atoms with Gasteiger partial charge in [0.15, 0.2) is 0 Å². The van der Waals surface area contributed by atoms with Crippen molar-refractivity contribution in [1.82, 2.24) is 0 Å². The fourth-order valence-corrected chi connectivity index (χ4v) is 5.42. The number of hydrogen-bond acceptors (Lipinski definition) is 4. The third-order valence-corrected chi connectivity index (χ3v) is 6.90. The van der Waals surface area contributed by atoms with Crippen LogP contribution in [0, 0.1) is 5.82 Å². The minimum atomic E-state index is -0.826. The van der Waals surface area contributed by atoms with Crippen molar-refractivity contribution in [3.05, 3.63) is 53.3 Å². The number of aliphatic hydroxyl groups excluding tert-OH is 1. The fourth-order valence-electron chi connectivity index (χ4n) is 3.25. The molecule has 0 saturated carbocycles. The second kappa shape index (κ2) is 7.03. The number of halogens is 1. The molecule has 2 aromatic carbocycles. The first-order valence-electron chi connectivity index (χ1n) is 9.07. The molecule has 0 aromatic heterocycles. The number of carbonyl (C=O) groups is 1. The van der Waals surface area contributed by atoms with Crippen LogP contribution in [-0.2, 0) is 17.6 Å². The Hall–Kier alpha value is -1.88. The van der Waals surface area contributed by atoms with E-state index in [-0.39, 0.29) is 45.3 Å². The van der Waals surface area contributed by atoms with E-state index in [1.165, 1.54) is 6.07 Å². The van der Waals surface area contributed by atoms with Crippen molar-refractivity contribution in [1.29, 1.82) is 0 Å². The van der Waals surface area contributed by atoms with Gasteiger partial charge in [0.2, 0.25) is 0 Å². The molecule has 2 aliphatic heterocycles. The molecule has 2 unspecified atom stereocenters. The number of hydrogen-bond donors (Lipinski definition) is 1. The van der Waals surface area contributed by atoms with Crippen LogP contribution in [0.5, 0.6) is 11.5 Å². The Balaban J connectivity index is 1.65. The van der Waals surface area contributed by atoms with Crippen LogP contribution in [0.3, 0.4) is 0 Å². The van der Waals surface area contributed by atoms with Gasteiger partial charge in [0.25, 0.3) is 0 Å². The van der Waals surface area contributed by atoms with Crippen LogP contribution in [0.15, 0.2) is 36.4 Å². The molecule has 136 valence electrons. The Morgan fingerprint density at radius 3 is 2.88 bits per heavy atom. The first kappa shape index (κ1) is 16.3. The van der Waals surface area contributed by atoms with Crippen LogP contribution in [0.1, 0.15) is 25.8 Å². The summed E-state index contributed by atoms with van der Waals surface area (Å²) in [5.74, 6) is -0.486.